The predicted octanol–water partition coefficient (Wildman–Crippen LogP) is -0.336. The Labute approximate surface area is 84.2 Å². The predicted molar refractivity (Wildman–Crippen MR) is 52.8 cm³/mol. The van der Waals surface area contributed by atoms with Crippen LogP contribution < -0.4 is 10.6 Å². The number of ether oxygens (including phenoxy) is 1. The van der Waals surface area contributed by atoms with Gasteiger partial charge in [0.2, 0.25) is 5.91 Å². The van der Waals surface area contributed by atoms with Crippen LogP contribution in [0.5, 0.6) is 0 Å². The van der Waals surface area contributed by atoms with Gasteiger partial charge in [-0.2, -0.15) is 0 Å². The molecule has 0 rings (SSSR count). The van der Waals surface area contributed by atoms with Crippen molar-refractivity contribution in [3.8, 4) is 0 Å². The van der Waals surface area contributed by atoms with Crippen molar-refractivity contribution >= 4 is 11.9 Å². The Morgan fingerprint density at radius 2 is 2.00 bits per heavy atom. The van der Waals surface area contributed by atoms with E-state index in [9.17, 15) is 9.59 Å². The molecule has 0 fully saturated rings. The fourth-order valence-electron chi connectivity index (χ4n) is 0.822. The molecule has 0 aromatic heterocycles. The highest BCUT2D eigenvalue weighted by molar-refractivity contribution is 5.76. The van der Waals surface area contributed by atoms with E-state index >= 15 is 0 Å². The van der Waals surface area contributed by atoms with Crippen molar-refractivity contribution in [2.75, 3.05) is 20.1 Å². The van der Waals surface area contributed by atoms with Gasteiger partial charge in [-0.15, -0.1) is 0 Å². The zero-order chi connectivity index (χ0) is 11.0. The molecule has 14 heavy (non-hydrogen) atoms. The van der Waals surface area contributed by atoms with Gasteiger partial charge >= 0.3 is 5.97 Å². The molecule has 82 valence electrons. The van der Waals surface area contributed by atoms with Gasteiger partial charge in [0, 0.05) is 20.0 Å². The van der Waals surface area contributed by atoms with E-state index in [1.165, 1.54) is 0 Å². The second kappa shape index (κ2) is 7.32. The lowest BCUT2D eigenvalue weighted by Gasteiger charge is -2.08. The molecule has 2 N–H and O–H groups in total. The quantitative estimate of drug-likeness (QED) is 0.457. The lowest BCUT2D eigenvalue weighted by Crippen LogP contribution is -2.30. The van der Waals surface area contributed by atoms with Crippen molar-refractivity contribution in [1.29, 1.82) is 0 Å². The lowest BCUT2D eigenvalue weighted by molar-refractivity contribution is -0.146. The molecule has 0 aliphatic rings. The van der Waals surface area contributed by atoms with Gasteiger partial charge in [0.05, 0.1) is 12.6 Å². The first-order valence-electron chi connectivity index (χ1n) is 4.67. The number of hydrogen-bond acceptors (Lipinski definition) is 4. The molecule has 0 atom stereocenters. The summed E-state index contributed by atoms with van der Waals surface area (Å²) < 4.78 is 4.88. The number of esters is 1. The summed E-state index contributed by atoms with van der Waals surface area (Å²) >= 11 is 0. The minimum absolute atomic E-state index is 0.0465. The number of hydrogen-bond donors (Lipinski definition) is 2. The third-order valence-corrected chi connectivity index (χ3v) is 1.44. The van der Waals surface area contributed by atoms with Gasteiger partial charge in [-0.1, -0.05) is 0 Å². The molecule has 0 aromatic rings. The van der Waals surface area contributed by atoms with Crippen LogP contribution in [0.2, 0.25) is 0 Å². The van der Waals surface area contributed by atoms with Crippen LogP contribution in [-0.4, -0.2) is 38.1 Å². The van der Waals surface area contributed by atoms with Gasteiger partial charge in [-0.25, -0.2) is 0 Å². The van der Waals surface area contributed by atoms with Crippen molar-refractivity contribution in [3.63, 3.8) is 0 Å². The molecule has 0 aliphatic heterocycles. The summed E-state index contributed by atoms with van der Waals surface area (Å²) in [6.45, 7) is 4.22. The third-order valence-electron chi connectivity index (χ3n) is 1.44. The van der Waals surface area contributed by atoms with Crippen LogP contribution in [0.4, 0.5) is 0 Å². The van der Waals surface area contributed by atoms with Gasteiger partial charge in [0.15, 0.2) is 0 Å². The highest BCUT2D eigenvalue weighted by Gasteiger charge is 2.04. The topological polar surface area (TPSA) is 67.4 Å². The molecular weight excluding hydrogens is 184 g/mol. The molecule has 0 bridgehead atoms. The van der Waals surface area contributed by atoms with Gasteiger partial charge in [-0.05, 0) is 13.8 Å². The summed E-state index contributed by atoms with van der Waals surface area (Å²) in [5.74, 6) is -0.341. The van der Waals surface area contributed by atoms with Crippen LogP contribution in [0.1, 0.15) is 20.3 Å². The number of carbonyl (C=O) groups is 2. The zero-order valence-corrected chi connectivity index (χ0v) is 8.92. The second-order valence-corrected chi connectivity index (χ2v) is 3.14. The van der Waals surface area contributed by atoms with Gasteiger partial charge < -0.3 is 15.4 Å². The van der Waals surface area contributed by atoms with Crippen LogP contribution in [0, 0.1) is 0 Å². The molecule has 0 saturated heterocycles. The average Bonchev–Trinajstić information content (AvgIpc) is 2.10. The van der Waals surface area contributed by atoms with Crippen molar-refractivity contribution < 1.29 is 14.3 Å². The van der Waals surface area contributed by atoms with Crippen LogP contribution in [-0.2, 0) is 14.3 Å². The number of carbonyl (C=O) groups excluding carboxylic acids is 2. The van der Waals surface area contributed by atoms with Crippen LogP contribution in [0.3, 0.4) is 0 Å². The summed E-state index contributed by atoms with van der Waals surface area (Å²) in [5, 5.41) is 5.31. The maximum Gasteiger partial charge on any atom is 0.320 e. The van der Waals surface area contributed by atoms with E-state index in [0.717, 1.165) is 0 Å². The van der Waals surface area contributed by atoms with Gasteiger partial charge in [0.25, 0.3) is 0 Å². The summed E-state index contributed by atoms with van der Waals surface area (Å²) in [7, 11) is 1.58. The maximum atomic E-state index is 11.0. The fraction of sp³-hybridized carbons (Fsp3) is 0.778. The van der Waals surface area contributed by atoms with Crippen molar-refractivity contribution in [2.45, 2.75) is 26.4 Å². The summed E-state index contributed by atoms with van der Waals surface area (Å²) in [5.41, 5.74) is 0. The normalized spacial score (nSPS) is 10.0. The molecule has 0 unspecified atom stereocenters. The minimum Gasteiger partial charge on any atom is -0.462 e. The lowest BCUT2D eigenvalue weighted by atomic mass is 10.4. The molecule has 0 aromatic carbocycles. The molecule has 0 spiro atoms. The van der Waals surface area contributed by atoms with E-state index in [-0.39, 0.29) is 24.5 Å². The highest BCUT2D eigenvalue weighted by Crippen LogP contribution is 1.87. The monoisotopic (exact) mass is 202 g/mol. The van der Waals surface area contributed by atoms with Crippen molar-refractivity contribution in [3.05, 3.63) is 0 Å². The Bertz CT molecular complexity index is 192. The molecule has 5 heteroatoms. The Hall–Kier alpha value is -1.10. The van der Waals surface area contributed by atoms with E-state index in [4.69, 9.17) is 4.74 Å². The van der Waals surface area contributed by atoms with Crippen molar-refractivity contribution in [2.24, 2.45) is 0 Å². The summed E-state index contributed by atoms with van der Waals surface area (Å²) in [6.07, 6.45) is 0.272. The standard InChI is InChI=1S/C9H18N2O3/c1-7(2)14-9(13)6-11-5-4-8(12)10-3/h7,11H,4-6H2,1-3H3,(H,10,12). The second-order valence-electron chi connectivity index (χ2n) is 3.14. The molecule has 0 saturated carbocycles. The SMILES string of the molecule is CNC(=O)CCNCC(=O)OC(C)C. The van der Waals surface area contributed by atoms with Crippen molar-refractivity contribution in [1.82, 2.24) is 10.6 Å². The summed E-state index contributed by atoms with van der Waals surface area (Å²) in [4.78, 5) is 21.7. The zero-order valence-electron chi connectivity index (χ0n) is 8.92. The molecular formula is C9H18N2O3. The molecule has 5 nitrogen and oxygen atoms in total. The average molecular weight is 202 g/mol. The van der Waals surface area contributed by atoms with E-state index in [1.54, 1.807) is 20.9 Å². The highest BCUT2D eigenvalue weighted by atomic mass is 16.5. The first-order valence-corrected chi connectivity index (χ1v) is 4.67. The van der Waals surface area contributed by atoms with E-state index in [0.29, 0.717) is 13.0 Å². The number of nitrogens with one attached hydrogen (secondary N) is 2. The molecule has 0 heterocycles. The third kappa shape index (κ3) is 7.54. The van der Waals surface area contributed by atoms with E-state index < -0.39 is 0 Å². The van der Waals surface area contributed by atoms with E-state index in [2.05, 4.69) is 10.6 Å². The smallest absolute Gasteiger partial charge is 0.320 e. The molecule has 1 amide bonds. The maximum absolute atomic E-state index is 11.0. The van der Waals surface area contributed by atoms with Crippen LogP contribution in [0.15, 0.2) is 0 Å². The largest absolute Gasteiger partial charge is 0.462 e. The van der Waals surface area contributed by atoms with Gasteiger partial charge in [-0.3, -0.25) is 9.59 Å². The molecule has 0 aliphatic carbocycles. The number of amides is 1. The Morgan fingerprint density at radius 3 is 2.50 bits per heavy atom. The Morgan fingerprint density at radius 1 is 1.36 bits per heavy atom. The minimum atomic E-state index is -0.295. The molecule has 0 radical (unpaired) electrons. The van der Waals surface area contributed by atoms with Crippen LogP contribution in [0.25, 0.3) is 0 Å². The summed E-state index contributed by atoms with van der Waals surface area (Å²) in [6, 6.07) is 0. The Balaban J connectivity index is 3.36. The van der Waals surface area contributed by atoms with Gasteiger partial charge in [0.1, 0.15) is 0 Å². The first kappa shape index (κ1) is 12.9. The van der Waals surface area contributed by atoms with E-state index in [1.807, 2.05) is 0 Å². The first-order chi connectivity index (χ1) is 6.56. The Kier molecular flexibility index (Phi) is 6.74. The number of rotatable bonds is 6. The van der Waals surface area contributed by atoms with Crippen LogP contribution >= 0.6 is 0 Å². The fourth-order valence-corrected chi connectivity index (χ4v) is 0.822.